The molecule has 0 saturated heterocycles. The molecule has 0 aliphatic heterocycles. The van der Waals surface area contributed by atoms with Crippen LogP contribution in [0.2, 0.25) is 0 Å². The molecule has 2 rings (SSSR count). The largest absolute Gasteiger partial charge is 0.478 e. The Kier molecular flexibility index (Phi) is 2.91. The summed E-state index contributed by atoms with van der Waals surface area (Å²) >= 11 is 12.4. The maximum Gasteiger partial charge on any atom is 0.335 e. The van der Waals surface area contributed by atoms with Crippen LogP contribution in [0.1, 0.15) is 29.8 Å². The van der Waals surface area contributed by atoms with E-state index in [2.05, 4.69) is 0 Å². The highest BCUT2D eigenvalue weighted by molar-refractivity contribution is 6.51. The summed E-state index contributed by atoms with van der Waals surface area (Å²) in [5, 5.41) is 9.09. The van der Waals surface area contributed by atoms with E-state index in [4.69, 9.17) is 28.3 Å². The maximum absolute atomic E-state index is 11.1. The minimum Gasteiger partial charge on any atom is -0.478 e. The molecule has 1 N–H and O–H groups in total. The van der Waals surface area contributed by atoms with E-state index in [-0.39, 0.29) is 11.3 Å². The number of carboxylic acid groups (broad SMARTS) is 1. The molecule has 2 nitrogen and oxygen atoms in total. The highest BCUT2D eigenvalue weighted by Crippen LogP contribution is 2.69. The number of hydrogen-bond donors (Lipinski definition) is 1. The zero-order valence-corrected chi connectivity index (χ0v) is 11.2. The van der Waals surface area contributed by atoms with Crippen molar-refractivity contribution in [3.05, 3.63) is 35.4 Å². The van der Waals surface area contributed by atoms with Crippen molar-refractivity contribution in [2.24, 2.45) is 11.3 Å². The fourth-order valence-corrected chi connectivity index (χ4v) is 3.12. The predicted octanol–water partition coefficient (Wildman–Crippen LogP) is 3.76. The molecule has 1 saturated carbocycles. The Morgan fingerprint density at radius 1 is 1.35 bits per heavy atom. The summed E-state index contributed by atoms with van der Waals surface area (Å²) in [5.74, 6) is -0.812. The minimum absolute atomic E-state index is 0.0961. The third-order valence-corrected chi connectivity index (χ3v) is 5.26. The average molecular weight is 273 g/mol. The van der Waals surface area contributed by atoms with Crippen LogP contribution in [-0.4, -0.2) is 15.4 Å². The van der Waals surface area contributed by atoms with Crippen LogP contribution < -0.4 is 0 Å². The molecule has 0 bridgehead atoms. The smallest absolute Gasteiger partial charge is 0.335 e. The van der Waals surface area contributed by atoms with Gasteiger partial charge in [-0.2, -0.15) is 0 Å². The summed E-state index contributed by atoms with van der Waals surface area (Å²) in [6.07, 6.45) is 0.600. The van der Waals surface area contributed by atoms with Crippen molar-refractivity contribution >= 4 is 29.2 Å². The van der Waals surface area contributed by atoms with Crippen molar-refractivity contribution in [2.75, 3.05) is 0 Å². The van der Waals surface area contributed by atoms with E-state index in [1.807, 2.05) is 26.0 Å². The molecule has 1 fully saturated rings. The molecule has 0 heterocycles. The standard InChI is InChI=1S/C13H14Cl2O2/c1-12(2)10(13(12,14)15)7-8-5-3-4-6-9(8)11(16)17/h3-6,10H,7H2,1-2H3,(H,16,17). The number of aromatic carboxylic acids is 1. The van der Waals surface area contributed by atoms with E-state index < -0.39 is 10.3 Å². The van der Waals surface area contributed by atoms with Gasteiger partial charge in [0.05, 0.1) is 5.56 Å². The fourth-order valence-electron chi connectivity index (χ4n) is 2.27. The lowest BCUT2D eigenvalue weighted by atomic mass is 9.99. The molecule has 0 radical (unpaired) electrons. The Balaban J connectivity index is 2.25. The molecular formula is C13H14Cl2O2. The Hall–Kier alpha value is -0.730. The zero-order chi connectivity index (χ0) is 12.8. The third kappa shape index (κ3) is 1.94. The Labute approximate surface area is 111 Å². The summed E-state index contributed by atoms with van der Waals surface area (Å²) in [6.45, 7) is 4.00. The second-order valence-electron chi connectivity index (χ2n) is 5.06. The van der Waals surface area contributed by atoms with Crippen molar-refractivity contribution in [1.82, 2.24) is 0 Å². The molecule has 0 aromatic heterocycles. The first-order valence-corrected chi connectivity index (χ1v) is 6.23. The van der Waals surface area contributed by atoms with Crippen LogP contribution in [0.5, 0.6) is 0 Å². The van der Waals surface area contributed by atoms with Crippen molar-refractivity contribution in [1.29, 1.82) is 0 Å². The van der Waals surface area contributed by atoms with Gasteiger partial charge in [-0.1, -0.05) is 32.0 Å². The Morgan fingerprint density at radius 3 is 2.35 bits per heavy atom. The predicted molar refractivity (Wildman–Crippen MR) is 68.8 cm³/mol. The second kappa shape index (κ2) is 3.89. The normalized spacial score (nSPS) is 24.4. The molecule has 4 heteroatoms. The van der Waals surface area contributed by atoms with E-state index in [1.165, 1.54) is 0 Å². The topological polar surface area (TPSA) is 37.3 Å². The van der Waals surface area contributed by atoms with Crippen LogP contribution in [0.4, 0.5) is 0 Å². The van der Waals surface area contributed by atoms with Gasteiger partial charge in [-0.15, -0.1) is 23.2 Å². The number of alkyl halides is 2. The first-order chi connectivity index (χ1) is 7.78. The highest BCUT2D eigenvalue weighted by Gasteiger charge is 2.69. The SMILES string of the molecule is CC1(C)C(Cc2ccccc2C(=O)O)C1(Cl)Cl. The van der Waals surface area contributed by atoms with Gasteiger partial charge in [0.2, 0.25) is 0 Å². The van der Waals surface area contributed by atoms with Gasteiger partial charge in [-0.3, -0.25) is 0 Å². The van der Waals surface area contributed by atoms with E-state index >= 15 is 0 Å². The van der Waals surface area contributed by atoms with Crippen molar-refractivity contribution < 1.29 is 9.90 Å². The molecule has 0 spiro atoms. The molecule has 1 unspecified atom stereocenters. The quantitative estimate of drug-likeness (QED) is 0.851. The van der Waals surface area contributed by atoms with E-state index in [0.717, 1.165) is 5.56 Å². The van der Waals surface area contributed by atoms with E-state index in [0.29, 0.717) is 12.0 Å². The van der Waals surface area contributed by atoms with Crippen LogP contribution in [0.15, 0.2) is 24.3 Å². The molecule has 1 aliphatic carbocycles. The zero-order valence-electron chi connectivity index (χ0n) is 9.71. The van der Waals surface area contributed by atoms with Gasteiger partial charge in [-0.25, -0.2) is 4.79 Å². The minimum atomic E-state index is -0.909. The number of rotatable bonds is 3. The van der Waals surface area contributed by atoms with Crippen molar-refractivity contribution in [2.45, 2.75) is 24.6 Å². The van der Waals surface area contributed by atoms with Gasteiger partial charge in [0, 0.05) is 11.3 Å². The molecule has 0 amide bonds. The summed E-state index contributed by atoms with van der Waals surface area (Å²) in [6, 6.07) is 6.99. The molecule has 1 aromatic carbocycles. The van der Waals surface area contributed by atoms with Gasteiger partial charge < -0.3 is 5.11 Å². The Bertz CT molecular complexity index is 452. The lowest BCUT2D eigenvalue weighted by Gasteiger charge is -2.06. The summed E-state index contributed by atoms with van der Waals surface area (Å²) in [5.41, 5.74) is 0.961. The molecule has 17 heavy (non-hydrogen) atoms. The number of carboxylic acids is 1. The number of halogens is 2. The molecule has 1 aliphatic rings. The van der Waals surface area contributed by atoms with Gasteiger partial charge >= 0.3 is 5.97 Å². The fraction of sp³-hybridized carbons (Fsp3) is 0.462. The Morgan fingerprint density at radius 2 is 1.88 bits per heavy atom. The summed E-state index contributed by atoms with van der Waals surface area (Å²) in [7, 11) is 0. The van der Waals surface area contributed by atoms with Crippen molar-refractivity contribution in [3.8, 4) is 0 Å². The average Bonchev–Trinajstić information content (AvgIpc) is 2.61. The van der Waals surface area contributed by atoms with Crippen LogP contribution in [-0.2, 0) is 6.42 Å². The number of hydrogen-bond acceptors (Lipinski definition) is 1. The molecule has 1 atom stereocenters. The first-order valence-electron chi connectivity index (χ1n) is 5.47. The maximum atomic E-state index is 11.1. The van der Waals surface area contributed by atoms with Crippen LogP contribution in [0.25, 0.3) is 0 Å². The van der Waals surface area contributed by atoms with Crippen LogP contribution in [0, 0.1) is 11.3 Å². The van der Waals surface area contributed by atoms with Crippen LogP contribution >= 0.6 is 23.2 Å². The monoisotopic (exact) mass is 272 g/mol. The van der Waals surface area contributed by atoms with E-state index in [1.54, 1.807) is 12.1 Å². The second-order valence-corrected chi connectivity index (χ2v) is 6.45. The molecule has 92 valence electrons. The number of carbonyl (C=O) groups is 1. The first kappa shape index (κ1) is 12.7. The molecule has 1 aromatic rings. The van der Waals surface area contributed by atoms with Gasteiger partial charge in [0.1, 0.15) is 4.33 Å². The van der Waals surface area contributed by atoms with Gasteiger partial charge in [0.25, 0.3) is 0 Å². The lowest BCUT2D eigenvalue weighted by molar-refractivity contribution is 0.0695. The molecular weight excluding hydrogens is 259 g/mol. The number of benzene rings is 1. The summed E-state index contributed by atoms with van der Waals surface area (Å²) in [4.78, 5) is 11.1. The van der Waals surface area contributed by atoms with Gasteiger partial charge in [0.15, 0.2) is 0 Å². The third-order valence-electron chi connectivity index (χ3n) is 3.76. The van der Waals surface area contributed by atoms with E-state index in [9.17, 15) is 4.79 Å². The van der Waals surface area contributed by atoms with Crippen LogP contribution in [0.3, 0.4) is 0 Å². The lowest BCUT2D eigenvalue weighted by Crippen LogP contribution is -2.04. The summed E-state index contributed by atoms with van der Waals surface area (Å²) < 4.78 is -0.751. The van der Waals surface area contributed by atoms with Gasteiger partial charge in [-0.05, 0) is 18.1 Å². The van der Waals surface area contributed by atoms with Crippen molar-refractivity contribution in [3.63, 3.8) is 0 Å². The highest BCUT2D eigenvalue weighted by atomic mass is 35.5.